The first kappa shape index (κ1) is 57.8. The SMILES string of the molecule is CCCCCC(CCCCC(O)CCCCCCC(=O)[O-])OCc1ccccc1.CCCCCC(CCCCC(O)CCCCCCC(=O)[O-])OCc1ccccc1.[Ba+2]. The van der Waals surface area contributed by atoms with Gasteiger partial charge in [-0.1, -0.05) is 177 Å². The molecule has 2 aromatic carbocycles. The van der Waals surface area contributed by atoms with Crippen molar-refractivity contribution in [1.29, 1.82) is 0 Å². The first-order chi connectivity index (χ1) is 28.2. The molecule has 0 spiro atoms. The van der Waals surface area contributed by atoms with Crippen LogP contribution in [0, 0.1) is 0 Å². The molecule has 0 saturated heterocycles. The van der Waals surface area contributed by atoms with Gasteiger partial charge in [0.05, 0.1) is 37.6 Å². The summed E-state index contributed by atoms with van der Waals surface area (Å²) < 4.78 is 12.4. The number of ether oxygens (including phenoxy) is 2. The maximum absolute atomic E-state index is 10.4. The summed E-state index contributed by atoms with van der Waals surface area (Å²) in [5, 5.41) is 41.0. The molecule has 0 bridgehead atoms. The van der Waals surface area contributed by atoms with Crippen molar-refractivity contribution >= 4 is 60.8 Å². The van der Waals surface area contributed by atoms with E-state index in [-0.39, 0.29) is 73.9 Å². The van der Waals surface area contributed by atoms with Gasteiger partial charge in [0.2, 0.25) is 0 Å². The Hall–Kier alpha value is -1.21. The molecule has 8 nitrogen and oxygen atoms in total. The Balaban J connectivity index is 0.00000112. The third-order valence-corrected chi connectivity index (χ3v) is 10.9. The third kappa shape index (κ3) is 38.2. The second kappa shape index (κ2) is 42.1. The monoisotopic (exact) mass is 949 g/mol. The zero-order valence-electron chi connectivity index (χ0n) is 37.3. The number of hydrogen-bond acceptors (Lipinski definition) is 8. The van der Waals surface area contributed by atoms with Crippen molar-refractivity contribution in [2.24, 2.45) is 0 Å². The quantitative estimate of drug-likeness (QED) is 0.0501. The van der Waals surface area contributed by atoms with Gasteiger partial charge in [-0.2, -0.15) is 0 Å². The molecule has 4 unspecified atom stereocenters. The minimum Gasteiger partial charge on any atom is -0.550 e. The average Bonchev–Trinajstić information content (AvgIpc) is 3.22. The Labute approximate surface area is 400 Å². The number of carboxylic acids is 2. The van der Waals surface area contributed by atoms with Gasteiger partial charge in [-0.25, -0.2) is 0 Å². The molecule has 0 aliphatic rings. The van der Waals surface area contributed by atoms with Crippen molar-refractivity contribution in [2.75, 3.05) is 0 Å². The van der Waals surface area contributed by atoms with Gasteiger partial charge in [0.1, 0.15) is 0 Å². The number of aliphatic carboxylic acids is 2. The molecule has 0 heterocycles. The number of unbranched alkanes of at least 4 members (excludes halogenated alkanes) is 12. The van der Waals surface area contributed by atoms with Crippen LogP contribution in [0.4, 0.5) is 0 Å². The topological polar surface area (TPSA) is 139 Å². The number of benzene rings is 2. The van der Waals surface area contributed by atoms with Crippen LogP contribution in [0.3, 0.4) is 0 Å². The molecular formula is C50H82BaO8. The van der Waals surface area contributed by atoms with E-state index in [0.717, 1.165) is 116 Å². The summed E-state index contributed by atoms with van der Waals surface area (Å²) in [5.74, 6) is -1.93. The number of aliphatic hydroxyl groups excluding tert-OH is 2. The molecule has 0 amide bonds. The summed E-state index contributed by atoms with van der Waals surface area (Å²) in [5.41, 5.74) is 2.45. The van der Waals surface area contributed by atoms with E-state index in [1.165, 1.54) is 49.7 Å². The third-order valence-electron chi connectivity index (χ3n) is 10.9. The molecule has 9 heteroatoms. The number of carbonyl (C=O) groups is 2. The summed E-state index contributed by atoms with van der Waals surface area (Å²) in [6.07, 6.45) is 26.8. The molecule has 2 rings (SSSR count). The molecule has 0 aromatic heterocycles. The maximum Gasteiger partial charge on any atom is 2.00 e. The fraction of sp³-hybridized carbons (Fsp3) is 0.720. The number of carboxylic acid groups (broad SMARTS) is 2. The fourth-order valence-electron chi connectivity index (χ4n) is 7.24. The Morgan fingerprint density at radius 1 is 0.458 bits per heavy atom. The number of aliphatic hydroxyl groups is 2. The van der Waals surface area contributed by atoms with Gasteiger partial charge in [0, 0.05) is 11.9 Å². The number of carbonyl (C=O) groups excluding carboxylic acids is 2. The molecule has 332 valence electrons. The fourth-order valence-corrected chi connectivity index (χ4v) is 7.24. The van der Waals surface area contributed by atoms with Gasteiger partial charge in [0.25, 0.3) is 0 Å². The first-order valence-corrected chi connectivity index (χ1v) is 23.3. The molecule has 4 atom stereocenters. The van der Waals surface area contributed by atoms with Crippen molar-refractivity contribution in [2.45, 2.75) is 231 Å². The zero-order valence-corrected chi connectivity index (χ0v) is 41.8. The van der Waals surface area contributed by atoms with Crippen LogP contribution in [-0.2, 0) is 32.3 Å². The summed E-state index contributed by atoms with van der Waals surface area (Å²) in [7, 11) is 0. The predicted molar refractivity (Wildman–Crippen MR) is 238 cm³/mol. The maximum atomic E-state index is 10.4. The summed E-state index contributed by atoms with van der Waals surface area (Å²) in [6, 6.07) is 20.7. The van der Waals surface area contributed by atoms with Crippen LogP contribution in [-0.4, -0.2) is 95.4 Å². The summed E-state index contributed by atoms with van der Waals surface area (Å²) >= 11 is 0. The van der Waals surface area contributed by atoms with Crippen LogP contribution in [0.2, 0.25) is 0 Å². The van der Waals surface area contributed by atoms with Gasteiger partial charge < -0.3 is 39.5 Å². The Morgan fingerprint density at radius 3 is 1.07 bits per heavy atom. The molecule has 0 aliphatic heterocycles. The minimum absolute atomic E-state index is 0. The smallest absolute Gasteiger partial charge is 0.550 e. The normalized spacial score (nSPS) is 13.1. The molecule has 0 aliphatic carbocycles. The molecule has 0 fully saturated rings. The molecule has 2 aromatic rings. The Bertz CT molecular complexity index is 1110. The van der Waals surface area contributed by atoms with Crippen LogP contribution in [0.5, 0.6) is 0 Å². The zero-order chi connectivity index (χ0) is 42.3. The van der Waals surface area contributed by atoms with E-state index >= 15 is 0 Å². The van der Waals surface area contributed by atoms with Crippen molar-refractivity contribution < 1.29 is 39.5 Å². The number of rotatable bonds is 38. The van der Waals surface area contributed by atoms with Gasteiger partial charge in [-0.3, -0.25) is 0 Å². The van der Waals surface area contributed by atoms with Crippen molar-refractivity contribution in [3.8, 4) is 0 Å². The van der Waals surface area contributed by atoms with E-state index in [4.69, 9.17) is 9.47 Å². The summed E-state index contributed by atoms with van der Waals surface area (Å²) in [6.45, 7) is 5.81. The second-order valence-corrected chi connectivity index (χ2v) is 16.4. The molecular weight excluding hydrogens is 866 g/mol. The van der Waals surface area contributed by atoms with Gasteiger partial charge in [-0.15, -0.1) is 0 Å². The van der Waals surface area contributed by atoms with Crippen LogP contribution in [0.1, 0.15) is 205 Å². The second-order valence-electron chi connectivity index (χ2n) is 16.4. The average molecular weight is 949 g/mol. The van der Waals surface area contributed by atoms with E-state index in [0.29, 0.717) is 38.3 Å². The van der Waals surface area contributed by atoms with Gasteiger partial charge in [-0.05, 0) is 88.2 Å². The van der Waals surface area contributed by atoms with E-state index in [1.54, 1.807) is 0 Å². The van der Waals surface area contributed by atoms with E-state index in [1.807, 2.05) is 12.1 Å². The summed E-state index contributed by atoms with van der Waals surface area (Å²) in [4.78, 5) is 20.7. The number of hydrogen-bond donors (Lipinski definition) is 2. The molecule has 2 N–H and O–H groups in total. The molecule has 0 radical (unpaired) electrons. The standard InChI is InChI=1S/2C25H42O4.Ba/c2*1-2-3-7-18-24(29-21-22-14-8-6-9-15-22)19-13-12-17-23(26)16-10-4-5-11-20-25(27)28;/h2*6,8-9,14-15,23-24,26H,2-5,7,10-13,16-21H2,1H3,(H,27,28);/q;;+2/p-2. The van der Waals surface area contributed by atoms with Gasteiger partial charge >= 0.3 is 48.9 Å². The van der Waals surface area contributed by atoms with E-state index in [2.05, 4.69) is 62.4 Å². The predicted octanol–water partition coefficient (Wildman–Crippen LogP) is 9.95. The van der Waals surface area contributed by atoms with Crippen LogP contribution in [0.15, 0.2) is 60.7 Å². The largest absolute Gasteiger partial charge is 2.00 e. The molecule has 59 heavy (non-hydrogen) atoms. The van der Waals surface area contributed by atoms with Crippen molar-refractivity contribution in [3.63, 3.8) is 0 Å². The van der Waals surface area contributed by atoms with Crippen molar-refractivity contribution in [1.82, 2.24) is 0 Å². The van der Waals surface area contributed by atoms with Gasteiger partial charge in [0.15, 0.2) is 0 Å². The first-order valence-electron chi connectivity index (χ1n) is 23.3. The Morgan fingerprint density at radius 2 is 0.746 bits per heavy atom. The Kier molecular flexibility index (Phi) is 41.2. The van der Waals surface area contributed by atoms with Crippen LogP contribution >= 0.6 is 0 Å². The minimum atomic E-state index is -0.967. The van der Waals surface area contributed by atoms with Crippen molar-refractivity contribution in [3.05, 3.63) is 71.8 Å². The molecule has 0 saturated carbocycles. The van der Waals surface area contributed by atoms with E-state index < -0.39 is 11.9 Å². The van der Waals surface area contributed by atoms with Crippen LogP contribution < -0.4 is 10.2 Å². The van der Waals surface area contributed by atoms with Crippen LogP contribution in [0.25, 0.3) is 0 Å². The van der Waals surface area contributed by atoms with E-state index in [9.17, 15) is 30.0 Å².